The maximum absolute atomic E-state index is 3.51. The number of hydrogen-bond donors (Lipinski definition) is 1. The van der Waals surface area contributed by atoms with Crippen LogP contribution in [0.5, 0.6) is 0 Å². The van der Waals surface area contributed by atoms with Crippen LogP contribution in [-0.2, 0) is 6.42 Å². The average Bonchev–Trinajstić information content (AvgIpc) is 2.75. The summed E-state index contributed by atoms with van der Waals surface area (Å²) in [4.78, 5) is 0. The Labute approximate surface area is 110 Å². The van der Waals surface area contributed by atoms with Gasteiger partial charge in [-0.25, -0.2) is 0 Å². The molecule has 2 heteroatoms. The first kappa shape index (κ1) is 10.8. The number of hydrogen-bond acceptors (Lipinski definition) is 1. The van der Waals surface area contributed by atoms with Crippen molar-refractivity contribution in [2.24, 2.45) is 0 Å². The van der Waals surface area contributed by atoms with Gasteiger partial charge in [0.2, 0.25) is 0 Å². The third kappa shape index (κ3) is 1.98. The van der Waals surface area contributed by atoms with Crippen LogP contribution in [0.3, 0.4) is 0 Å². The number of fused-ring (bicyclic) bond motifs is 1. The van der Waals surface area contributed by atoms with Crippen molar-refractivity contribution < 1.29 is 0 Å². The summed E-state index contributed by atoms with van der Waals surface area (Å²) in [5.41, 5.74) is 6.64. The van der Waals surface area contributed by atoms with Gasteiger partial charge in [-0.2, -0.15) is 0 Å². The van der Waals surface area contributed by atoms with Crippen LogP contribution in [0.2, 0.25) is 0 Å². The summed E-state index contributed by atoms with van der Waals surface area (Å²) in [6.45, 7) is 3.22. The Kier molecular flexibility index (Phi) is 2.67. The lowest BCUT2D eigenvalue weighted by Gasteiger charge is -2.09. The quantitative estimate of drug-likeness (QED) is 0.820. The van der Waals surface area contributed by atoms with Crippen molar-refractivity contribution >= 4 is 21.6 Å². The molecule has 86 valence electrons. The summed E-state index contributed by atoms with van der Waals surface area (Å²) in [6.07, 6.45) is 1.15. The lowest BCUT2D eigenvalue weighted by atomic mass is 9.99. The molecule has 0 aliphatic carbocycles. The highest BCUT2D eigenvalue weighted by atomic mass is 79.9. The van der Waals surface area contributed by atoms with Crippen molar-refractivity contribution in [3.8, 4) is 11.1 Å². The molecule has 0 amide bonds. The molecule has 1 nitrogen and oxygen atoms in total. The SMILES string of the molecule is Cc1cc(Br)ccc1-c1ccc2c(c1)NCC2. The summed E-state index contributed by atoms with van der Waals surface area (Å²) >= 11 is 3.51. The molecule has 0 spiro atoms. The highest BCUT2D eigenvalue weighted by Gasteiger charge is 2.11. The van der Waals surface area contributed by atoms with Crippen LogP contribution in [0.4, 0.5) is 5.69 Å². The zero-order chi connectivity index (χ0) is 11.8. The molecule has 0 saturated heterocycles. The number of rotatable bonds is 1. The van der Waals surface area contributed by atoms with Crippen LogP contribution in [0.15, 0.2) is 40.9 Å². The molecule has 2 aromatic carbocycles. The zero-order valence-electron chi connectivity index (χ0n) is 9.76. The first-order valence-electron chi connectivity index (χ1n) is 5.87. The number of nitrogens with one attached hydrogen (secondary N) is 1. The minimum atomic E-state index is 1.07. The van der Waals surface area contributed by atoms with Crippen molar-refractivity contribution in [1.29, 1.82) is 0 Å². The van der Waals surface area contributed by atoms with Gasteiger partial charge in [0, 0.05) is 16.7 Å². The molecule has 1 N–H and O–H groups in total. The van der Waals surface area contributed by atoms with E-state index >= 15 is 0 Å². The Bertz CT molecular complexity index is 575. The van der Waals surface area contributed by atoms with E-state index in [0.29, 0.717) is 0 Å². The monoisotopic (exact) mass is 287 g/mol. The van der Waals surface area contributed by atoms with Crippen LogP contribution in [-0.4, -0.2) is 6.54 Å². The second-order valence-corrected chi connectivity index (χ2v) is 5.42. The highest BCUT2D eigenvalue weighted by molar-refractivity contribution is 9.10. The van der Waals surface area contributed by atoms with Gasteiger partial charge in [-0.15, -0.1) is 0 Å². The number of aryl methyl sites for hydroxylation is 1. The molecule has 1 aliphatic rings. The highest BCUT2D eigenvalue weighted by Crippen LogP contribution is 2.31. The van der Waals surface area contributed by atoms with Crippen LogP contribution in [0.1, 0.15) is 11.1 Å². The number of benzene rings is 2. The molecule has 0 saturated carbocycles. The molecular formula is C15H14BrN. The lowest BCUT2D eigenvalue weighted by molar-refractivity contribution is 1.11. The van der Waals surface area contributed by atoms with Crippen molar-refractivity contribution in [3.63, 3.8) is 0 Å². The topological polar surface area (TPSA) is 12.0 Å². The zero-order valence-corrected chi connectivity index (χ0v) is 11.3. The maximum atomic E-state index is 3.51. The molecular weight excluding hydrogens is 274 g/mol. The molecule has 1 heterocycles. The fourth-order valence-electron chi connectivity index (χ4n) is 2.41. The molecule has 0 unspecified atom stereocenters. The van der Waals surface area contributed by atoms with Gasteiger partial charge in [-0.05, 0) is 53.8 Å². The van der Waals surface area contributed by atoms with Crippen molar-refractivity contribution in [3.05, 3.63) is 52.0 Å². The summed E-state index contributed by atoms with van der Waals surface area (Å²) < 4.78 is 1.14. The summed E-state index contributed by atoms with van der Waals surface area (Å²) in [6, 6.07) is 13.2. The predicted octanol–water partition coefficient (Wildman–Crippen LogP) is 4.39. The molecule has 3 rings (SSSR count). The lowest BCUT2D eigenvalue weighted by Crippen LogP contribution is -1.91. The summed E-state index contributed by atoms with van der Waals surface area (Å²) in [5, 5.41) is 3.43. The molecule has 0 aromatic heterocycles. The fourth-order valence-corrected chi connectivity index (χ4v) is 2.88. The third-order valence-electron chi connectivity index (χ3n) is 3.32. The van der Waals surface area contributed by atoms with Gasteiger partial charge in [0.1, 0.15) is 0 Å². The smallest absolute Gasteiger partial charge is 0.0379 e. The van der Waals surface area contributed by atoms with E-state index in [0.717, 1.165) is 17.4 Å². The Morgan fingerprint density at radius 3 is 2.82 bits per heavy atom. The van der Waals surface area contributed by atoms with Gasteiger partial charge >= 0.3 is 0 Å². The van der Waals surface area contributed by atoms with Crippen LogP contribution < -0.4 is 5.32 Å². The van der Waals surface area contributed by atoms with Crippen LogP contribution in [0.25, 0.3) is 11.1 Å². The van der Waals surface area contributed by atoms with Crippen molar-refractivity contribution in [2.45, 2.75) is 13.3 Å². The van der Waals surface area contributed by atoms with Gasteiger partial charge < -0.3 is 5.32 Å². The molecule has 2 aromatic rings. The molecule has 0 radical (unpaired) electrons. The van der Waals surface area contributed by atoms with Crippen LogP contribution >= 0.6 is 15.9 Å². The van der Waals surface area contributed by atoms with Crippen molar-refractivity contribution in [1.82, 2.24) is 0 Å². The minimum Gasteiger partial charge on any atom is -0.384 e. The first-order chi connectivity index (χ1) is 8.24. The van der Waals surface area contributed by atoms with E-state index < -0.39 is 0 Å². The normalized spacial score (nSPS) is 13.3. The Morgan fingerprint density at radius 1 is 1.12 bits per heavy atom. The minimum absolute atomic E-state index is 1.07. The number of halogens is 1. The standard InChI is InChI=1S/C15H14BrN/c1-10-8-13(16)4-5-14(10)12-3-2-11-6-7-17-15(11)9-12/h2-5,8-9,17H,6-7H2,1H3. The average molecular weight is 288 g/mol. The molecule has 1 aliphatic heterocycles. The van der Waals surface area contributed by atoms with Crippen LogP contribution in [0, 0.1) is 6.92 Å². The third-order valence-corrected chi connectivity index (χ3v) is 3.81. The second kappa shape index (κ2) is 4.19. The molecule has 0 bridgehead atoms. The van der Waals surface area contributed by atoms with E-state index in [4.69, 9.17) is 0 Å². The van der Waals surface area contributed by atoms with Gasteiger partial charge in [0.25, 0.3) is 0 Å². The molecule has 0 fully saturated rings. The van der Waals surface area contributed by atoms with Gasteiger partial charge in [-0.3, -0.25) is 0 Å². The van der Waals surface area contributed by atoms with Gasteiger partial charge in [0.05, 0.1) is 0 Å². The summed E-state index contributed by atoms with van der Waals surface area (Å²) in [7, 11) is 0. The Balaban J connectivity index is 2.09. The first-order valence-corrected chi connectivity index (χ1v) is 6.67. The van der Waals surface area contributed by atoms with E-state index in [1.165, 1.54) is 27.9 Å². The van der Waals surface area contributed by atoms with Gasteiger partial charge in [-0.1, -0.05) is 34.1 Å². The Hall–Kier alpha value is -1.28. The summed E-state index contributed by atoms with van der Waals surface area (Å²) in [5.74, 6) is 0. The van der Waals surface area contributed by atoms with Gasteiger partial charge in [0.15, 0.2) is 0 Å². The van der Waals surface area contributed by atoms with Crippen molar-refractivity contribution in [2.75, 3.05) is 11.9 Å². The predicted molar refractivity (Wildman–Crippen MR) is 76.5 cm³/mol. The van der Waals surface area contributed by atoms with E-state index in [1.807, 2.05) is 0 Å². The second-order valence-electron chi connectivity index (χ2n) is 4.51. The largest absolute Gasteiger partial charge is 0.384 e. The molecule has 17 heavy (non-hydrogen) atoms. The Morgan fingerprint density at radius 2 is 2.00 bits per heavy atom. The van der Waals surface area contributed by atoms with E-state index in [9.17, 15) is 0 Å². The fraction of sp³-hybridized carbons (Fsp3) is 0.200. The van der Waals surface area contributed by atoms with E-state index in [2.05, 4.69) is 64.6 Å². The maximum Gasteiger partial charge on any atom is 0.0379 e. The molecule has 0 atom stereocenters. The number of anilines is 1. The van der Waals surface area contributed by atoms with E-state index in [1.54, 1.807) is 0 Å². The van der Waals surface area contributed by atoms with E-state index in [-0.39, 0.29) is 0 Å².